The van der Waals surface area contributed by atoms with Gasteiger partial charge in [-0.25, -0.2) is 0 Å². The van der Waals surface area contributed by atoms with Crippen LogP contribution in [0.25, 0.3) is 0 Å². The third-order valence-electron chi connectivity index (χ3n) is 1.33. The zero-order valence-corrected chi connectivity index (χ0v) is 8.23. The van der Waals surface area contributed by atoms with Crippen LogP contribution in [0.4, 0.5) is 0 Å². The van der Waals surface area contributed by atoms with E-state index in [1.165, 1.54) is 0 Å². The Balaban J connectivity index is 0.000000206. The summed E-state index contributed by atoms with van der Waals surface area (Å²) in [4.78, 5) is 0. The molecule has 0 spiro atoms. The molecule has 0 saturated heterocycles. The van der Waals surface area contributed by atoms with Gasteiger partial charge < -0.3 is 0 Å². The predicted octanol–water partition coefficient (Wildman–Crippen LogP) is 3.37. The van der Waals surface area contributed by atoms with E-state index >= 15 is 0 Å². The van der Waals surface area contributed by atoms with Crippen LogP contribution in [0.5, 0.6) is 0 Å². The first-order valence-corrected chi connectivity index (χ1v) is 4.00. The Morgan fingerprint density at radius 3 is 0.385 bits per heavy atom. The van der Waals surface area contributed by atoms with E-state index in [0.29, 0.717) is 0 Å². The molecule has 2 rings (SSSR count). The molecule has 0 radical (unpaired) electrons. The maximum atomic E-state index is 2.00. The zero-order chi connectivity index (χ0) is 8.49. The van der Waals surface area contributed by atoms with Crippen molar-refractivity contribution in [3.63, 3.8) is 0 Å². The molecule has 0 aliphatic rings. The fraction of sp³-hybridized carbons (Fsp3) is 0. The monoisotopic (exact) mass is 214 g/mol. The molecule has 0 aromatic heterocycles. The van der Waals surface area contributed by atoms with Crippen molar-refractivity contribution in [3.8, 4) is 0 Å². The van der Waals surface area contributed by atoms with Gasteiger partial charge in [0.05, 0.1) is 0 Å². The Kier molecular flexibility index (Phi) is 8.28. The van der Waals surface area contributed by atoms with Crippen molar-refractivity contribution in [2.24, 2.45) is 0 Å². The normalized spacial score (nSPS) is 7.38. The van der Waals surface area contributed by atoms with Gasteiger partial charge in [0.2, 0.25) is 0 Å². The topological polar surface area (TPSA) is 0 Å². The van der Waals surface area contributed by atoms with E-state index in [2.05, 4.69) is 0 Å². The van der Waals surface area contributed by atoms with E-state index in [4.69, 9.17) is 0 Å². The van der Waals surface area contributed by atoms with Crippen molar-refractivity contribution in [3.05, 3.63) is 72.8 Å². The van der Waals surface area contributed by atoms with Crippen molar-refractivity contribution in [2.75, 3.05) is 0 Å². The summed E-state index contributed by atoms with van der Waals surface area (Å²) in [5.74, 6) is 0. The number of hydrogen-bond acceptors (Lipinski definition) is 0. The van der Waals surface area contributed by atoms with Gasteiger partial charge in [0.25, 0.3) is 0 Å². The van der Waals surface area contributed by atoms with Gasteiger partial charge in [-0.3, -0.25) is 0 Å². The first-order valence-electron chi connectivity index (χ1n) is 4.00. The second-order valence-corrected chi connectivity index (χ2v) is 2.31. The molecule has 68 valence electrons. The van der Waals surface area contributed by atoms with Gasteiger partial charge in [0, 0.05) is 0 Å². The van der Waals surface area contributed by atoms with E-state index in [9.17, 15) is 0 Å². The van der Waals surface area contributed by atoms with Crippen LogP contribution in [0.1, 0.15) is 0 Å². The molecular formula is C12H12Ni+2. The van der Waals surface area contributed by atoms with E-state index in [1.807, 2.05) is 72.8 Å². The molecule has 0 unspecified atom stereocenters. The predicted molar refractivity (Wildman–Crippen MR) is 52.9 cm³/mol. The summed E-state index contributed by atoms with van der Waals surface area (Å²) < 4.78 is 0. The zero-order valence-electron chi connectivity index (χ0n) is 7.24. The van der Waals surface area contributed by atoms with Crippen molar-refractivity contribution in [1.29, 1.82) is 0 Å². The van der Waals surface area contributed by atoms with Gasteiger partial charge >= 0.3 is 16.5 Å². The first kappa shape index (κ1) is 11.9. The largest absolute Gasteiger partial charge is 2.00 e. The van der Waals surface area contributed by atoms with Crippen LogP contribution in [-0.2, 0) is 16.5 Å². The fourth-order valence-corrected chi connectivity index (χ4v) is 0.770. The average molecular weight is 215 g/mol. The van der Waals surface area contributed by atoms with E-state index in [-0.39, 0.29) is 16.5 Å². The van der Waals surface area contributed by atoms with Crippen LogP contribution in [0.15, 0.2) is 72.8 Å². The first-order chi connectivity index (χ1) is 6.00. The van der Waals surface area contributed by atoms with Gasteiger partial charge in [-0.05, 0) is 0 Å². The molecule has 0 fully saturated rings. The SMILES string of the molecule is [Ni+2].c1ccccc1.c1ccccc1. The maximum absolute atomic E-state index is 2.00. The van der Waals surface area contributed by atoms with Crippen LogP contribution in [-0.4, -0.2) is 0 Å². The van der Waals surface area contributed by atoms with Gasteiger partial charge in [-0.1, -0.05) is 72.8 Å². The summed E-state index contributed by atoms with van der Waals surface area (Å²) in [6.45, 7) is 0. The van der Waals surface area contributed by atoms with Gasteiger partial charge in [0.15, 0.2) is 0 Å². The van der Waals surface area contributed by atoms with E-state index < -0.39 is 0 Å². The van der Waals surface area contributed by atoms with Crippen LogP contribution in [0.2, 0.25) is 0 Å². The Morgan fingerprint density at radius 2 is 0.308 bits per heavy atom. The van der Waals surface area contributed by atoms with Crippen molar-refractivity contribution in [1.82, 2.24) is 0 Å². The summed E-state index contributed by atoms with van der Waals surface area (Å²) in [6, 6.07) is 24.0. The molecule has 0 amide bonds. The Bertz CT molecular complexity index is 181. The molecule has 13 heavy (non-hydrogen) atoms. The quantitative estimate of drug-likeness (QED) is 0.591. The summed E-state index contributed by atoms with van der Waals surface area (Å²) >= 11 is 0. The van der Waals surface area contributed by atoms with Crippen LogP contribution in [0.3, 0.4) is 0 Å². The Labute approximate surface area is 89.5 Å². The minimum atomic E-state index is 0. The average Bonchev–Trinajstić information content (AvgIpc) is 2.24. The van der Waals surface area contributed by atoms with Crippen LogP contribution >= 0.6 is 0 Å². The Hall–Kier alpha value is -1.07. The number of hydrogen-bond donors (Lipinski definition) is 0. The van der Waals surface area contributed by atoms with Gasteiger partial charge in [-0.2, -0.15) is 0 Å². The second kappa shape index (κ2) is 9.02. The third-order valence-corrected chi connectivity index (χ3v) is 1.33. The van der Waals surface area contributed by atoms with Crippen LogP contribution < -0.4 is 0 Å². The summed E-state index contributed by atoms with van der Waals surface area (Å²) in [7, 11) is 0. The summed E-state index contributed by atoms with van der Waals surface area (Å²) in [5.41, 5.74) is 0. The molecule has 2 aromatic rings. The summed E-state index contributed by atoms with van der Waals surface area (Å²) in [6.07, 6.45) is 0. The van der Waals surface area contributed by atoms with Crippen molar-refractivity contribution >= 4 is 0 Å². The number of rotatable bonds is 0. The molecule has 0 atom stereocenters. The molecule has 0 nitrogen and oxygen atoms in total. The molecule has 0 saturated carbocycles. The van der Waals surface area contributed by atoms with Gasteiger partial charge in [0.1, 0.15) is 0 Å². The standard InChI is InChI=1S/2C6H6.Ni/c2*1-2-4-6-5-3-1;/h2*1-6H;/q;;+2. The maximum Gasteiger partial charge on any atom is 2.00 e. The van der Waals surface area contributed by atoms with E-state index in [0.717, 1.165) is 0 Å². The summed E-state index contributed by atoms with van der Waals surface area (Å²) in [5, 5.41) is 0. The fourth-order valence-electron chi connectivity index (χ4n) is 0.770. The molecule has 1 heteroatoms. The van der Waals surface area contributed by atoms with Crippen LogP contribution in [0, 0.1) is 0 Å². The van der Waals surface area contributed by atoms with Gasteiger partial charge in [-0.15, -0.1) is 0 Å². The second-order valence-electron chi connectivity index (χ2n) is 2.31. The number of benzene rings is 2. The minimum Gasteiger partial charge on any atom is -0.0623 e. The van der Waals surface area contributed by atoms with Crippen molar-refractivity contribution in [2.45, 2.75) is 0 Å². The molecule has 2 aromatic carbocycles. The third kappa shape index (κ3) is 7.30. The molecule has 0 bridgehead atoms. The van der Waals surface area contributed by atoms with E-state index in [1.54, 1.807) is 0 Å². The molecule has 0 aliphatic carbocycles. The smallest absolute Gasteiger partial charge is 0.0623 e. The minimum absolute atomic E-state index is 0. The molecule has 0 N–H and O–H groups in total. The molecular weight excluding hydrogens is 203 g/mol. The molecule has 0 aliphatic heterocycles. The van der Waals surface area contributed by atoms with Crippen molar-refractivity contribution < 1.29 is 16.5 Å². The molecule has 0 heterocycles. The Morgan fingerprint density at radius 1 is 0.231 bits per heavy atom.